The molecule has 0 amide bonds. The summed E-state index contributed by atoms with van der Waals surface area (Å²) in [4.78, 5) is 25.1. The van der Waals surface area contributed by atoms with Gasteiger partial charge in [0.2, 0.25) is 0 Å². The van der Waals surface area contributed by atoms with Gasteiger partial charge in [-0.05, 0) is 52.4 Å². The summed E-state index contributed by atoms with van der Waals surface area (Å²) in [6.07, 6.45) is 2.28. The second-order valence-electron chi connectivity index (χ2n) is 17.8. The molecule has 19 atom stereocenters. The summed E-state index contributed by atoms with van der Waals surface area (Å²) in [6, 6.07) is -1.14. The number of nitrogens with two attached hydrogens (primary N) is 1. The van der Waals surface area contributed by atoms with Crippen LogP contribution in [0.1, 0.15) is 91.9 Å². The molecule has 2 saturated heterocycles. The van der Waals surface area contributed by atoms with Gasteiger partial charge in [-0.25, -0.2) is 0 Å². The van der Waals surface area contributed by atoms with Crippen molar-refractivity contribution in [2.24, 2.45) is 23.5 Å². The Morgan fingerprint density at radius 3 is 1.94 bits per heavy atom. The normalized spacial score (nSPS) is 45.2. The van der Waals surface area contributed by atoms with Crippen LogP contribution in [0.15, 0.2) is 72.9 Å². The van der Waals surface area contributed by atoms with E-state index in [1.807, 2.05) is 49.5 Å². The fraction of sp³-hybridized carbons (Fsp3) is 0.702. The second-order valence-corrected chi connectivity index (χ2v) is 17.8. The zero-order valence-electron chi connectivity index (χ0n) is 37.8. The van der Waals surface area contributed by atoms with E-state index in [0.29, 0.717) is 0 Å². The molecule has 18 nitrogen and oxygen atoms in total. The van der Waals surface area contributed by atoms with Gasteiger partial charge in [0.25, 0.3) is 0 Å². The maximum Gasteiger partial charge on any atom is 0.311 e. The fourth-order valence-electron chi connectivity index (χ4n) is 8.11. The van der Waals surface area contributed by atoms with E-state index in [-0.39, 0.29) is 38.0 Å². The average Bonchev–Trinajstić information content (AvgIpc) is 3.21. The van der Waals surface area contributed by atoms with Crippen LogP contribution < -0.4 is 5.73 Å². The number of cyclic esters (lactones) is 1. The highest BCUT2D eigenvalue weighted by molar-refractivity contribution is 5.71. The van der Waals surface area contributed by atoms with Crippen LogP contribution in [0.25, 0.3) is 0 Å². The summed E-state index contributed by atoms with van der Waals surface area (Å²) in [5, 5.41) is 118. The van der Waals surface area contributed by atoms with E-state index in [1.165, 1.54) is 13.0 Å². The van der Waals surface area contributed by atoms with E-state index >= 15 is 0 Å². The molecule has 0 aromatic heterocycles. The van der Waals surface area contributed by atoms with E-state index in [2.05, 4.69) is 0 Å². The third-order valence-electron chi connectivity index (χ3n) is 12.2. The Morgan fingerprint density at radius 1 is 0.692 bits per heavy atom. The van der Waals surface area contributed by atoms with Crippen molar-refractivity contribution in [2.75, 3.05) is 0 Å². The number of fused-ring (bicyclic) bond motifs is 2. The monoisotopic (exact) mass is 926 g/mol. The SMILES string of the molecule is C[C@H]1[C@@H](O)[C@H](C)/C=C/C=C\CC/C=C/C=C/C=C/C=C/[C@H](O[C@@H]2O[C@H](C)[C@@H](O)[C@H](N)[C@@H]2O)C[C@@H]2O[C@](O)(C[C@@H](O)[C@H](O)CC[C@@H](O)C[C@H](O)C[C@H](O)CC(=O)O[C@@H]1C)C[C@H](O)[C@H]2C(=O)O. The second kappa shape index (κ2) is 27.6. The maximum absolute atomic E-state index is 12.6. The molecule has 0 aromatic rings. The molecule has 0 unspecified atom stereocenters. The van der Waals surface area contributed by atoms with Crippen molar-refractivity contribution in [1.82, 2.24) is 0 Å². The number of aliphatic hydroxyl groups is 10. The quantitative estimate of drug-likeness (QED) is 0.175. The summed E-state index contributed by atoms with van der Waals surface area (Å²) in [7, 11) is 0. The molecule has 3 aliphatic heterocycles. The lowest BCUT2D eigenvalue weighted by Crippen LogP contribution is -2.61. The van der Waals surface area contributed by atoms with Crippen molar-refractivity contribution in [2.45, 2.75) is 189 Å². The van der Waals surface area contributed by atoms with Crippen LogP contribution in [0, 0.1) is 17.8 Å². The largest absolute Gasteiger partial charge is 0.481 e. The lowest BCUT2D eigenvalue weighted by atomic mass is 9.82. The summed E-state index contributed by atoms with van der Waals surface area (Å²) >= 11 is 0. The van der Waals surface area contributed by atoms with Crippen LogP contribution >= 0.6 is 0 Å². The maximum atomic E-state index is 12.6. The Morgan fingerprint density at radius 2 is 1.28 bits per heavy atom. The van der Waals surface area contributed by atoms with E-state index in [9.17, 15) is 65.8 Å². The first-order chi connectivity index (χ1) is 30.6. The van der Waals surface area contributed by atoms with E-state index in [4.69, 9.17) is 24.7 Å². The van der Waals surface area contributed by atoms with Crippen molar-refractivity contribution >= 4 is 11.9 Å². The molecule has 2 bridgehead atoms. The lowest BCUT2D eigenvalue weighted by Gasteiger charge is -2.45. The zero-order chi connectivity index (χ0) is 48.4. The van der Waals surface area contributed by atoms with Gasteiger partial charge in [0, 0.05) is 31.1 Å². The number of carbonyl (C=O) groups excluding carboxylic acids is 1. The smallest absolute Gasteiger partial charge is 0.311 e. The number of esters is 1. The summed E-state index contributed by atoms with van der Waals surface area (Å²) in [5.74, 6) is -6.82. The van der Waals surface area contributed by atoms with Gasteiger partial charge in [-0.1, -0.05) is 86.8 Å². The molecule has 0 spiro atoms. The molecule has 3 heterocycles. The molecule has 65 heavy (non-hydrogen) atoms. The summed E-state index contributed by atoms with van der Waals surface area (Å²) < 4.78 is 23.2. The highest BCUT2D eigenvalue weighted by atomic mass is 16.7. The molecule has 13 N–H and O–H groups in total. The Hall–Kier alpha value is -3.18. The number of ether oxygens (including phenoxy) is 4. The number of carbonyl (C=O) groups is 2. The van der Waals surface area contributed by atoms with E-state index in [1.54, 1.807) is 38.2 Å². The molecule has 370 valence electrons. The minimum absolute atomic E-state index is 0.138. The van der Waals surface area contributed by atoms with Crippen LogP contribution in [0.4, 0.5) is 0 Å². The Bertz CT molecular complexity index is 1620. The standard InChI is InChI=1S/C47H75NO17/c1-27-17-15-13-11-9-7-5-6-8-10-12-14-16-18-34(64-46-44(58)41(48)43(57)30(4)63-46)24-38-40(45(59)60)37(54)26-47(61,65-38)25-36(53)35(52)20-19-31(49)21-32(50)22-33(51)23-39(55)62-29(3)28(2)42(27)56/h5-6,8,10-18,27-38,40-44,46,49-54,56-58,61H,7,9,19-26,48H2,1-4H3,(H,59,60)/b6-5+,10-8+,13-11-,14-12+,17-15+,18-16+/t27-,28-,29-,30-,31-,32+,33+,34+,35-,36-,37+,38+,40-,41+,42+,43-,44+,46+,47-/m1/s1. The predicted octanol–water partition coefficient (Wildman–Crippen LogP) is 0.936. The molecule has 3 rings (SSSR count). The Labute approximate surface area is 381 Å². The predicted molar refractivity (Wildman–Crippen MR) is 237 cm³/mol. The third kappa shape index (κ3) is 18.8. The van der Waals surface area contributed by atoms with Crippen molar-refractivity contribution in [3.05, 3.63) is 72.9 Å². The van der Waals surface area contributed by atoms with Crippen molar-refractivity contribution in [3.8, 4) is 0 Å². The minimum atomic E-state index is -2.35. The molecule has 0 aromatic carbocycles. The first kappa shape index (κ1) is 56.1. The van der Waals surface area contributed by atoms with Crippen LogP contribution in [0.5, 0.6) is 0 Å². The molecular weight excluding hydrogens is 851 g/mol. The number of carboxylic acids is 1. The Kier molecular flexibility index (Phi) is 23.8. The minimum Gasteiger partial charge on any atom is -0.481 e. The molecule has 3 aliphatic rings. The number of allylic oxidation sites excluding steroid dienone is 10. The van der Waals surface area contributed by atoms with Gasteiger partial charge in [-0.3, -0.25) is 9.59 Å². The van der Waals surface area contributed by atoms with Gasteiger partial charge < -0.3 is 80.9 Å². The number of hydrogen-bond acceptors (Lipinski definition) is 17. The Balaban J connectivity index is 1.84. The first-order valence-electron chi connectivity index (χ1n) is 22.6. The molecule has 0 radical (unpaired) electrons. The van der Waals surface area contributed by atoms with Gasteiger partial charge in [-0.15, -0.1) is 0 Å². The van der Waals surface area contributed by atoms with Gasteiger partial charge in [0.1, 0.15) is 18.1 Å². The molecule has 0 saturated carbocycles. The molecular formula is C47H75NO17. The van der Waals surface area contributed by atoms with Gasteiger partial charge >= 0.3 is 11.9 Å². The highest BCUT2D eigenvalue weighted by Gasteiger charge is 2.51. The number of aliphatic hydroxyl groups excluding tert-OH is 9. The van der Waals surface area contributed by atoms with Crippen molar-refractivity contribution in [3.63, 3.8) is 0 Å². The first-order valence-corrected chi connectivity index (χ1v) is 22.6. The zero-order valence-corrected chi connectivity index (χ0v) is 37.8. The lowest BCUT2D eigenvalue weighted by molar-refractivity contribution is -0.310. The summed E-state index contributed by atoms with van der Waals surface area (Å²) in [6.45, 7) is 6.78. The van der Waals surface area contributed by atoms with E-state index < -0.39 is 141 Å². The molecule has 18 heteroatoms. The van der Waals surface area contributed by atoms with Crippen molar-refractivity contribution < 1.29 is 84.7 Å². The fourth-order valence-corrected chi connectivity index (χ4v) is 8.11. The van der Waals surface area contributed by atoms with Crippen LogP contribution in [-0.2, 0) is 28.5 Å². The number of rotatable bonds is 3. The van der Waals surface area contributed by atoms with Crippen molar-refractivity contribution in [1.29, 1.82) is 0 Å². The molecule has 0 aliphatic carbocycles. The number of hydrogen-bond donors (Lipinski definition) is 12. The van der Waals surface area contributed by atoms with Gasteiger partial charge in [0.15, 0.2) is 12.1 Å². The van der Waals surface area contributed by atoms with Gasteiger partial charge in [0.05, 0.1) is 79.6 Å². The third-order valence-corrected chi connectivity index (χ3v) is 12.2. The highest BCUT2D eigenvalue weighted by Crippen LogP contribution is 2.38. The topological polar surface area (TPSA) is 320 Å². The average molecular weight is 926 g/mol. The van der Waals surface area contributed by atoms with Gasteiger partial charge in [-0.2, -0.15) is 0 Å². The summed E-state index contributed by atoms with van der Waals surface area (Å²) in [5.41, 5.74) is 6.02. The van der Waals surface area contributed by atoms with E-state index in [0.717, 1.165) is 12.8 Å². The van der Waals surface area contributed by atoms with Crippen LogP contribution in [-0.4, -0.2) is 166 Å². The number of carboxylic acid groups (broad SMARTS) is 1. The molecule has 2 fully saturated rings. The van der Waals surface area contributed by atoms with Crippen LogP contribution in [0.2, 0.25) is 0 Å². The van der Waals surface area contributed by atoms with Crippen LogP contribution in [0.3, 0.4) is 0 Å². The number of aliphatic carboxylic acids is 1.